The van der Waals surface area contributed by atoms with Crippen LogP contribution >= 0.6 is 0 Å². The summed E-state index contributed by atoms with van der Waals surface area (Å²) in [6, 6.07) is 16.7. The molecular weight excluding hydrogens is 428 g/mol. The molecule has 2 aliphatic rings. The van der Waals surface area contributed by atoms with E-state index in [1.165, 1.54) is 0 Å². The van der Waals surface area contributed by atoms with Gasteiger partial charge in [0.15, 0.2) is 5.84 Å². The average Bonchev–Trinajstić information content (AvgIpc) is 3.36. The predicted molar refractivity (Wildman–Crippen MR) is 119 cm³/mol. The zero-order valence-electron chi connectivity index (χ0n) is 17.3. The minimum atomic E-state index is -3.69. The third-order valence-corrected chi connectivity index (χ3v) is 6.99. The summed E-state index contributed by atoms with van der Waals surface area (Å²) in [5.74, 6) is 0.183. The van der Waals surface area contributed by atoms with Gasteiger partial charge in [-0.25, -0.2) is 9.67 Å². The molecule has 0 saturated carbocycles. The van der Waals surface area contributed by atoms with Crippen LogP contribution in [0.4, 0.5) is 5.95 Å². The molecule has 32 heavy (non-hydrogen) atoms. The van der Waals surface area contributed by atoms with E-state index in [0.717, 1.165) is 12.0 Å². The van der Waals surface area contributed by atoms with Crippen molar-refractivity contribution < 1.29 is 13.2 Å². The third kappa shape index (κ3) is 4.01. The summed E-state index contributed by atoms with van der Waals surface area (Å²) in [7, 11) is -3.69. The number of sulfonamides is 1. The van der Waals surface area contributed by atoms with Gasteiger partial charge in [-0.2, -0.15) is 8.42 Å². The Morgan fingerprint density at radius 2 is 1.88 bits per heavy atom. The molecule has 2 aliphatic heterocycles. The summed E-state index contributed by atoms with van der Waals surface area (Å²) < 4.78 is 30.4. The highest BCUT2D eigenvalue weighted by Gasteiger charge is 2.35. The standard InChI is InChI=1S/C22H22N6O3S/c29-21(24-22-23-15-28(25-22)13-16-7-2-1-3-8-16)17-9-6-12-27(14-17)20-18-10-4-5-11-19(18)32(30,31)26-20/h1-5,7-8,10-11,15,17H,6,9,12-14H2,(H,24,25,29). The van der Waals surface area contributed by atoms with Crippen LogP contribution in [0.25, 0.3) is 0 Å². The predicted octanol–water partition coefficient (Wildman–Crippen LogP) is 2.13. The van der Waals surface area contributed by atoms with E-state index in [9.17, 15) is 13.2 Å². The summed E-state index contributed by atoms with van der Waals surface area (Å²) in [5, 5.41) is 7.14. The van der Waals surface area contributed by atoms with Gasteiger partial charge < -0.3 is 4.90 Å². The number of hydrogen-bond acceptors (Lipinski definition) is 6. The van der Waals surface area contributed by atoms with Crippen molar-refractivity contribution in [3.8, 4) is 0 Å². The number of nitrogens with zero attached hydrogens (tertiary/aromatic N) is 5. The van der Waals surface area contributed by atoms with Gasteiger partial charge in [0.2, 0.25) is 11.9 Å². The number of piperidine rings is 1. The lowest BCUT2D eigenvalue weighted by Gasteiger charge is -2.33. The highest BCUT2D eigenvalue weighted by atomic mass is 32.2. The number of aromatic nitrogens is 3. The molecule has 5 rings (SSSR count). The van der Waals surface area contributed by atoms with Crippen LogP contribution in [0, 0.1) is 5.92 Å². The van der Waals surface area contributed by atoms with Crippen molar-refractivity contribution in [2.75, 3.05) is 18.4 Å². The Hall–Kier alpha value is -3.53. The summed E-state index contributed by atoms with van der Waals surface area (Å²) in [6.07, 6.45) is 3.05. The van der Waals surface area contributed by atoms with E-state index in [-0.39, 0.29) is 22.7 Å². The fraction of sp³-hybridized carbons (Fsp3) is 0.273. The van der Waals surface area contributed by atoms with E-state index >= 15 is 0 Å². The van der Waals surface area contributed by atoms with Gasteiger partial charge >= 0.3 is 0 Å². The molecule has 1 fully saturated rings. The molecule has 0 aliphatic carbocycles. The summed E-state index contributed by atoms with van der Waals surface area (Å²) in [6.45, 7) is 1.60. The molecule has 1 atom stereocenters. The van der Waals surface area contributed by atoms with Crippen LogP contribution < -0.4 is 5.32 Å². The topological polar surface area (TPSA) is 110 Å². The van der Waals surface area contributed by atoms with E-state index < -0.39 is 10.0 Å². The van der Waals surface area contributed by atoms with Crippen molar-refractivity contribution >= 4 is 27.7 Å². The van der Waals surface area contributed by atoms with E-state index in [1.54, 1.807) is 35.3 Å². The molecular formula is C22H22N6O3S. The SMILES string of the molecule is O=C(Nc1ncn(Cc2ccccc2)n1)C1CCCN(C2=NS(=O)(=O)c3ccccc32)C1. The summed E-state index contributed by atoms with van der Waals surface area (Å²) in [5.41, 5.74) is 1.68. The maximum absolute atomic E-state index is 12.9. The molecule has 9 nitrogen and oxygen atoms in total. The number of hydrogen-bond donors (Lipinski definition) is 1. The van der Waals surface area contributed by atoms with Crippen molar-refractivity contribution in [3.05, 3.63) is 72.1 Å². The molecule has 2 aromatic carbocycles. The first kappa shape index (κ1) is 20.4. The Morgan fingerprint density at radius 3 is 2.72 bits per heavy atom. The fourth-order valence-electron chi connectivity index (χ4n) is 4.11. The van der Waals surface area contributed by atoms with Crippen LogP contribution in [0.15, 0.2) is 70.2 Å². The Labute approximate surface area is 185 Å². The number of amidine groups is 1. The summed E-state index contributed by atoms with van der Waals surface area (Å²) in [4.78, 5) is 19.2. The van der Waals surface area contributed by atoms with Crippen molar-refractivity contribution in [2.45, 2.75) is 24.3 Å². The molecule has 164 valence electrons. The molecule has 1 saturated heterocycles. The minimum absolute atomic E-state index is 0.179. The maximum atomic E-state index is 12.9. The van der Waals surface area contributed by atoms with Gasteiger partial charge in [0.1, 0.15) is 11.2 Å². The second-order valence-corrected chi connectivity index (χ2v) is 9.48. The average molecular weight is 451 g/mol. The van der Waals surface area contributed by atoms with Crippen LogP contribution in [-0.2, 0) is 21.4 Å². The van der Waals surface area contributed by atoms with Crippen molar-refractivity contribution in [3.63, 3.8) is 0 Å². The molecule has 0 radical (unpaired) electrons. The van der Waals surface area contributed by atoms with Gasteiger partial charge in [-0.05, 0) is 30.5 Å². The van der Waals surface area contributed by atoms with E-state index in [4.69, 9.17) is 0 Å². The highest BCUT2D eigenvalue weighted by molar-refractivity contribution is 7.90. The fourth-order valence-corrected chi connectivity index (χ4v) is 5.34. The smallest absolute Gasteiger partial charge is 0.285 e. The molecule has 0 bridgehead atoms. The van der Waals surface area contributed by atoms with Crippen LogP contribution in [0.5, 0.6) is 0 Å². The van der Waals surface area contributed by atoms with Crippen molar-refractivity contribution in [1.82, 2.24) is 19.7 Å². The molecule has 0 spiro atoms. The lowest BCUT2D eigenvalue weighted by atomic mass is 9.96. The molecule has 1 unspecified atom stereocenters. The Morgan fingerprint density at radius 1 is 1.09 bits per heavy atom. The Kier molecular flexibility index (Phi) is 5.22. The third-order valence-electron chi connectivity index (χ3n) is 5.66. The highest BCUT2D eigenvalue weighted by Crippen LogP contribution is 2.30. The number of carbonyl (C=O) groups excluding carboxylic acids is 1. The normalized spacial score (nSPS) is 19.3. The number of anilines is 1. The Bertz CT molecular complexity index is 1290. The number of benzene rings is 2. The molecule has 1 aromatic heterocycles. The first-order valence-corrected chi connectivity index (χ1v) is 11.9. The lowest BCUT2D eigenvalue weighted by Crippen LogP contribution is -2.43. The van der Waals surface area contributed by atoms with Crippen LogP contribution in [0.1, 0.15) is 24.0 Å². The van der Waals surface area contributed by atoms with E-state index in [0.29, 0.717) is 37.5 Å². The van der Waals surface area contributed by atoms with Gasteiger partial charge in [-0.1, -0.05) is 42.5 Å². The van der Waals surface area contributed by atoms with Crippen molar-refractivity contribution in [2.24, 2.45) is 10.3 Å². The number of rotatable bonds is 4. The number of nitrogens with one attached hydrogen (secondary N) is 1. The first-order chi connectivity index (χ1) is 15.5. The zero-order chi connectivity index (χ0) is 22.1. The van der Waals surface area contributed by atoms with Crippen LogP contribution in [0.2, 0.25) is 0 Å². The molecule has 3 heterocycles. The number of amides is 1. The second kappa shape index (κ2) is 8.19. The molecule has 1 amide bonds. The maximum Gasteiger partial charge on any atom is 0.285 e. The van der Waals surface area contributed by atoms with E-state index in [1.807, 2.05) is 35.2 Å². The quantitative estimate of drug-likeness (QED) is 0.652. The van der Waals surface area contributed by atoms with Crippen LogP contribution in [0.3, 0.4) is 0 Å². The van der Waals surface area contributed by atoms with Gasteiger partial charge in [-0.15, -0.1) is 9.50 Å². The summed E-state index contributed by atoms with van der Waals surface area (Å²) >= 11 is 0. The largest absolute Gasteiger partial charge is 0.355 e. The minimum Gasteiger partial charge on any atom is -0.355 e. The first-order valence-electron chi connectivity index (χ1n) is 10.4. The van der Waals surface area contributed by atoms with Crippen molar-refractivity contribution in [1.29, 1.82) is 0 Å². The number of likely N-dealkylation sites (tertiary alicyclic amines) is 1. The Balaban J connectivity index is 1.26. The monoisotopic (exact) mass is 450 g/mol. The van der Waals surface area contributed by atoms with Gasteiger partial charge in [0.25, 0.3) is 10.0 Å². The van der Waals surface area contributed by atoms with Gasteiger partial charge in [0, 0.05) is 18.7 Å². The van der Waals surface area contributed by atoms with Crippen LogP contribution in [-0.4, -0.2) is 52.9 Å². The molecule has 1 N–H and O–H groups in total. The molecule has 3 aromatic rings. The second-order valence-electron chi connectivity index (χ2n) is 7.91. The number of fused-ring (bicyclic) bond motifs is 1. The van der Waals surface area contributed by atoms with E-state index in [2.05, 4.69) is 19.8 Å². The van der Waals surface area contributed by atoms with Gasteiger partial charge in [0.05, 0.1) is 12.5 Å². The van der Waals surface area contributed by atoms with Gasteiger partial charge in [-0.3, -0.25) is 10.1 Å². The number of carbonyl (C=O) groups is 1. The lowest BCUT2D eigenvalue weighted by molar-refractivity contribution is -0.121. The molecule has 10 heteroatoms. The zero-order valence-corrected chi connectivity index (χ0v) is 18.1.